The first-order valence-electron chi connectivity index (χ1n) is 6.52. The molecule has 104 valence electrons. The number of hydrogen-bond acceptors (Lipinski definition) is 4. The van der Waals surface area contributed by atoms with Gasteiger partial charge in [0.25, 0.3) is 0 Å². The second-order valence-electron chi connectivity index (χ2n) is 4.84. The molecule has 3 aromatic heterocycles. The van der Waals surface area contributed by atoms with Crippen molar-refractivity contribution in [1.29, 1.82) is 5.26 Å². The third-order valence-corrected chi connectivity index (χ3v) is 3.36. The van der Waals surface area contributed by atoms with E-state index in [1.54, 1.807) is 6.20 Å². The number of nitrogens with zero attached hydrogens (tertiary/aromatic N) is 2. The Morgan fingerprint density at radius 1 is 1.29 bits per heavy atom. The van der Waals surface area contributed by atoms with Gasteiger partial charge in [0.2, 0.25) is 0 Å². The maximum absolute atomic E-state index is 9.32. The van der Waals surface area contributed by atoms with Crippen LogP contribution in [0.1, 0.15) is 17.1 Å². The number of pyridine rings is 1. The van der Waals surface area contributed by atoms with Crippen LogP contribution >= 0.6 is 0 Å². The molecule has 0 bridgehead atoms. The highest BCUT2D eigenvalue weighted by Gasteiger charge is 2.16. The summed E-state index contributed by atoms with van der Waals surface area (Å²) < 4.78 is 5.54. The molecule has 0 fully saturated rings. The molecule has 3 heterocycles. The first kappa shape index (κ1) is 13.0. The van der Waals surface area contributed by atoms with Crippen molar-refractivity contribution in [3.63, 3.8) is 0 Å². The van der Waals surface area contributed by atoms with Gasteiger partial charge in [-0.1, -0.05) is 0 Å². The summed E-state index contributed by atoms with van der Waals surface area (Å²) in [7, 11) is 0. The number of nitrogens with one attached hydrogen (secondary N) is 1. The number of anilines is 1. The second kappa shape index (κ2) is 4.84. The first-order chi connectivity index (χ1) is 10.1. The standard InChI is InChI=1S/C16H14N4O/c1-9-6-11(10(2)21-9)15-7-12(14-4-3-5-19-14)13(8-17)16(18)20-15/h3-7,19H,1-2H3,(H2,18,20). The predicted molar refractivity (Wildman–Crippen MR) is 80.3 cm³/mol. The van der Waals surface area contributed by atoms with E-state index in [9.17, 15) is 5.26 Å². The summed E-state index contributed by atoms with van der Waals surface area (Å²) in [5.41, 5.74) is 9.49. The zero-order chi connectivity index (χ0) is 15.0. The van der Waals surface area contributed by atoms with E-state index in [0.29, 0.717) is 11.3 Å². The van der Waals surface area contributed by atoms with Crippen LogP contribution in [0, 0.1) is 25.2 Å². The number of nitriles is 1. The number of aromatic nitrogens is 2. The second-order valence-corrected chi connectivity index (χ2v) is 4.84. The molecule has 0 aliphatic rings. The minimum Gasteiger partial charge on any atom is -0.466 e. The van der Waals surface area contributed by atoms with Gasteiger partial charge < -0.3 is 15.1 Å². The molecule has 0 saturated heterocycles. The maximum Gasteiger partial charge on any atom is 0.142 e. The van der Waals surface area contributed by atoms with Crippen molar-refractivity contribution < 1.29 is 4.42 Å². The van der Waals surface area contributed by atoms with Crippen LogP contribution < -0.4 is 5.73 Å². The molecule has 0 radical (unpaired) electrons. The number of hydrogen-bond donors (Lipinski definition) is 2. The first-order valence-corrected chi connectivity index (χ1v) is 6.52. The minimum absolute atomic E-state index is 0.220. The number of H-pyrrole nitrogens is 1. The van der Waals surface area contributed by atoms with Crippen molar-refractivity contribution in [2.45, 2.75) is 13.8 Å². The maximum atomic E-state index is 9.32. The molecule has 5 nitrogen and oxygen atoms in total. The van der Waals surface area contributed by atoms with Crippen molar-refractivity contribution >= 4 is 5.82 Å². The summed E-state index contributed by atoms with van der Waals surface area (Å²) >= 11 is 0. The Kier molecular flexibility index (Phi) is 2.99. The Bertz CT molecular complexity index is 838. The van der Waals surface area contributed by atoms with E-state index in [4.69, 9.17) is 10.2 Å². The van der Waals surface area contributed by atoms with Crippen LogP contribution in [-0.4, -0.2) is 9.97 Å². The lowest BCUT2D eigenvalue weighted by atomic mass is 10.0. The molecule has 5 heteroatoms. The van der Waals surface area contributed by atoms with E-state index < -0.39 is 0 Å². The van der Waals surface area contributed by atoms with Crippen LogP contribution in [0.4, 0.5) is 5.82 Å². The van der Waals surface area contributed by atoms with E-state index in [1.165, 1.54) is 0 Å². The van der Waals surface area contributed by atoms with Crippen molar-refractivity contribution in [1.82, 2.24) is 9.97 Å². The molecule has 3 aromatic rings. The third-order valence-electron chi connectivity index (χ3n) is 3.36. The SMILES string of the molecule is Cc1cc(-c2cc(-c3ccc[nH]3)c(C#N)c(N)n2)c(C)o1. The lowest BCUT2D eigenvalue weighted by Gasteiger charge is -2.08. The largest absolute Gasteiger partial charge is 0.466 e. The Morgan fingerprint density at radius 2 is 2.10 bits per heavy atom. The molecule has 0 aromatic carbocycles. The Morgan fingerprint density at radius 3 is 2.67 bits per heavy atom. The van der Waals surface area contributed by atoms with Gasteiger partial charge in [0, 0.05) is 23.0 Å². The molecule has 3 rings (SSSR count). The summed E-state index contributed by atoms with van der Waals surface area (Å²) in [4.78, 5) is 7.44. The van der Waals surface area contributed by atoms with Crippen molar-refractivity contribution in [3.8, 4) is 28.6 Å². The van der Waals surface area contributed by atoms with Gasteiger partial charge >= 0.3 is 0 Å². The molecule has 0 aliphatic carbocycles. The topological polar surface area (TPSA) is 91.6 Å². The summed E-state index contributed by atoms with van der Waals surface area (Å²) in [6.45, 7) is 3.77. The number of aromatic amines is 1. The van der Waals surface area contributed by atoms with Gasteiger partial charge in [-0.05, 0) is 38.1 Å². The van der Waals surface area contributed by atoms with Gasteiger partial charge in [-0.15, -0.1) is 0 Å². The van der Waals surface area contributed by atoms with E-state index in [2.05, 4.69) is 16.0 Å². The predicted octanol–water partition coefficient (Wildman–Crippen LogP) is 3.41. The third kappa shape index (κ3) is 2.17. The van der Waals surface area contributed by atoms with Gasteiger partial charge in [-0.3, -0.25) is 0 Å². The average molecular weight is 278 g/mol. The fourth-order valence-corrected chi connectivity index (χ4v) is 2.42. The number of nitrogens with two attached hydrogens (primary N) is 1. The fraction of sp³-hybridized carbons (Fsp3) is 0.125. The zero-order valence-electron chi connectivity index (χ0n) is 11.8. The zero-order valence-corrected chi connectivity index (χ0v) is 11.8. The number of furan rings is 1. The van der Waals surface area contributed by atoms with Crippen molar-refractivity contribution in [2.24, 2.45) is 0 Å². The van der Waals surface area contributed by atoms with Gasteiger partial charge in [-0.2, -0.15) is 5.26 Å². The van der Waals surface area contributed by atoms with Crippen molar-refractivity contribution in [2.75, 3.05) is 5.73 Å². The van der Waals surface area contributed by atoms with Crippen LogP contribution in [0.15, 0.2) is 34.9 Å². The monoisotopic (exact) mass is 278 g/mol. The van der Waals surface area contributed by atoms with Crippen LogP contribution in [0.25, 0.3) is 22.5 Å². The van der Waals surface area contributed by atoms with Crippen LogP contribution in [0.3, 0.4) is 0 Å². The molecule has 0 aliphatic heterocycles. The normalized spacial score (nSPS) is 10.5. The van der Waals surface area contributed by atoms with Crippen molar-refractivity contribution in [3.05, 3.63) is 47.5 Å². The molecule has 21 heavy (non-hydrogen) atoms. The van der Waals surface area contributed by atoms with Gasteiger partial charge in [0.15, 0.2) is 0 Å². The highest BCUT2D eigenvalue weighted by Crippen LogP contribution is 2.32. The van der Waals surface area contributed by atoms with Crippen LogP contribution in [0.5, 0.6) is 0 Å². The summed E-state index contributed by atoms with van der Waals surface area (Å²) in [5.74, 6) is 1.81. The Balaban J connectivity index is 2.26. The number of aryl methyl sites for hydroxylation is 2. The Hall–Kier alpha value is -3.00. The molecule has 0 atom stereocenters. The quantitative estimate of drug-likeness (QED) is 0.751. The highest BCUT2D eigenvalue weighted by atomic mass is 16.3. The highest BCUT2D eigenvalue weighted by molar-refractivity contribution is 5.79. The lowest BCUT2D eigenvalue weighted by Crippen LogP contribution is -2.00. The minimum atomic E-state index is 0.220. The molecular weight excluding hydrogens is 264 g/mol. The van der Waals surface area contributed by atoms with E-state index in [1.807, 2.05) is 38.1 Å². The van der Waals surface area contributed by atoms with Gasteiger partial charge in [-0.25, -0.2) is 4.98 Å². The molecule has 0 spiro atoms. The van der Waals surface area contributed by atoms with Crippen LogP contribution in [0.2, 0.25) is 0 Å². The Labute approximate surface area is 122 Å². The van der Waals surface area contributed by atoms with E-state index in [-0.39, 0.29) is 5.82 Å². The number of rotatable bonds is 2. The lowest BCUT2D eigenvalue weighted by molar-refractivity contribution is 0.505. The molecule has 0 amide bonds. The van der Waals surface area contributed by atoms with E-state index >= 15 is 0 Å². The van der Waals surface area contributed by atoms with Gasteiger partial charge in [0.05, 0.1) is 5.69 Å². The van der Waals surface area contributed by atoms with Crippen LogP contribution in [-0.2, 0) is 0 Å². The van der Waals surface area contributed by atoms with E-state index in [0.717, 1.165) is 28.3 Å². The smallest absolute Gasteiger partial charge is 0.142 e. The number of nitrogen functional groups attached to an aromatic ring is 1. The molecule has 3 N–H and O–H groups in total. The summed E-state index contributed by atoms with van der Waals surface area (Å²) in [6, 6.07) is 9.67. The molecular formula is C16H14N4O. The fourth-order valence-electron chi connectivity index (χ4n) is 2.42. The average Bonchev–Trinajstić information content (AvgIpc) is 3.07. The summed E-state index contributed by atoms with van der Waals surface area (Å²) in [5, 5.41) is 9.32. The van der Waals surface area contributed by atoms with Gasteiger partial charge in [0.1, 0.15) is 29.0 Å². The summed E-state index contributed by atoms with van der Waals surface area (Å²) in [6.07, 6.45) is 1.81. The molecule has 0 unspecified atom stereocenters. The molecule has 0 saturated carbocycles.